The van der Waals surface area contributed by atoms with Gasteiger partial charge < -0.3 is 24.6 Å². The average Bonchev–Trinajstić information content (AvgIpc) is 2.69. The van der Waals surface area contributed by atoms with E-state index in [-0.39, 0.29) is 5.91 Å². The van der Waals surface area contributed by atoms with Crippen LogP contribution >= 0.6 is 0 Å². The minimum absolute atomic E-state index is 0.0818. The highest BCUT2D eigenvalue weighted by molar-refractivity contribution is 5.76. The molecule has 144 valence electrons. The number of hydrogen-bond acceptors (Lipinski definition) is 5. The predicted octanol–water partition coefficient (Wildman–Crippen LogP) is 2.42. The molecular weight excluding hydrogens is 350 g/mol. The molecule has 0 saturated carbocycles. The van der Waals surface area contributed by atoms with E-state index in [1.165, 1.54) is 0 Å². The number of carboxylic acid groups (broad SMARTS) is 1. The number of ether oxygens (including phenoxy) is 3. The Morgan fingerprint density at radius 1 is 1.00 bits per heavy atom. The maximum absolute atomic E-state index is 12.1. The second kappa shape index (κ2) is 10.1. The van der Waals surface area contributed by atoms with Crippen LogP contribution in [0.3, 0.4) is 0 Å². The molecule has 0 atom stereocenters. The zero-order valence-corrected chi connectivity index (χ0v) is 15.4. The van der Waals surface area contributed by atoms with Crippen molar-refractivity contribution in [3.8, 4) is 17.2 Å². The van der Waals surface area contributed by atoms with E-state index in [9.17, 15) is 9.59 Å². The summed E-state index contributed by atoms with van der Waals surface area (Å²) in [5, 5.41) is 11.5. The number of aryl methyl sites for hydroxylation is 1. The Kier molecular flexibility index (Phi) is 7.49. The molecule has 2 aromatic carbocycles. The number of benzene rings is 2. The molecule has 0 unspecified atom stereocenters. The highest BCUT2D eigenvalue weighted by Crippen LogP contribution is 2.27. The molecule has 0 radical (unpaired) electrons. The van der Waals surface area contributed by atoms with Gasteiger partial charge in [0.1, 0.15) is 5.75 Å². The summed E-state index contributed by atoms with van der Waals surface area (Å²) >= 11 is 0. The summed E-state index contributed by atoms with van der Waals surface area (Å²) in [6.45, 7) is -0.0594. The minimum atomic E-state index is -1.04. The predicted molar refractivity (Wildman–Crippen MR) is 99.3 cm³/mol. The number of hydrogen-bond donors (Lipinski definition) is 2. The quantitative estimate of drug-likeness (QED) is 0.664. The molecule has 2 rings (SSSR count). The van der Waals surface area contributed by atoms with Crippen LogP contribution in [0.1, 0.15) is 17.5 Å². The van der Waals surface area contributed by atoms with Crippen LogP contribution in [0.4, 0.5) is 0 Å². The SMILES string of the molecule is COc1ccc(CCC(=O)NCc2cccc(OCC(=O)O)c2)cc1OC. The third-order valence-electron chi connectivity index (χ3n) is 3.84. The van der Waals surface area contributed by atoms with Gasteiger partial charge in [0.2, 0.25) is 5.91 Å². The van der Waals surface area contributed by atoms with Gasteiger partial charge in [-0.15, -0.1) is 0 Å². The van der Waals surface area contributed by atoms with Gasteiger partial charge in [-0.2, -0.15) is 0 Å². The van der Waals surface area contributed by atoms with Crippen molar-refractivity contribution in [1.82, 2.24) is 5.32 Å². The van der Waals surface area contributed by atoms with E-state index in [1.807, 2.05) is 24.3 Å². The van der Waals surface area contributed by atoms with Gasteiger partial charge in [0.25, 0.3) is 0 Å². The van der Waals surface area contributed by atoms with Gasteiger partial charge >= 0.3 is 5.97 Å². The molecule has 0 spiro atoms. The Labute approximate surface area is 157 Å². The molecule has 2 N–H and O–H groups in total. The van der Waals surface area contributed by atoms with E-state index < -0.39 is 12.6 Å². The molecule has 0 saturated heterocycles. The van der Waals surface area contributed by atoms with E-state index in [4.69, 9.17) is 19.3 Å². The second-order valence-electron chi connectivity index (χ2n) is 5.80. The summed E-state index contributed by atoms with van der Waals surface area (Å²) < 4.78 is 15.6. The molecule has 7 nitrogen and oxygen atoms in total. The number of rotatable bonds is 10. The molecule has 0 aliphatic carbocycles. The molecule has 0 fully saturated rings. The molecule has 27 heavy (non-hydrogen) atoms. The molecule has 0 aliphatic rings. The third-order valence-corrected chi connectivity index (χ3v) is 3.84. The normalized spacial score (nSPS) is 10.1. The smallest absolute Gasteiger partial charge is 0.341 e. The van der Waals surface area contributed by atoms with Crippen molar-refractivity contribution in [1.29, 1.82) is 0 Å². The van der Waals surface area contributed by atoms with Crippen molar-refractivity contribution in [3.63, 3.8) is 0 Å². The van der Waals surface area contributed by atoms with Crippen LogP contribution in [-0.2, 0) is 22.6 Å². The summed E-state index contributed by atoms with van der Waals surface area (Å²) in [6, 6.07) is 12.5. The second-order valence-corrected chi connectivity index (χ2v) is 5.80. The summed E-state index contributed by atoms with van der Waals surface area (Å²) in [6.07, 6.45) is 0.915. The Morgan fingerprint density at radius 2 is 1.78 bits per heavy atom. The summed E-state index contributed by atoms with van der Waals surface area (Å²) in [5.74, 6) is 0.615. The fourth-order valence-electron chi connectivity index (χ4n) is 2.47. The molecule has 1 amide bonds. The van der Waals surface area contributed by atoms with Gasteiger partial charge in [0, 0.05) is 13.0 Å². The van der Waals surface area contributed by atoms with Gasteiger partial charge in [-0.3, -0.25) is 4.79 Å². The van der Waals surface area contributed by atoms with E-state index in [0.717, 1.165) is 11.1 Å². The number of carbonyl (C=O) groups is 2. The van der Waals surface area contributed by atoms with Crippen molar-refractivity contribution >= 4 is 11.9 Å². The van der Waals surface area contributed by atoms with E-state index in [1.54, 1.807) is 32.4 Å². The van der Waals surface area contributed by atoms with Crippen molar-refractivity contribution in [2.75, 3.05) is 20.8 Å². The largest absolute Gasteiger partial charge is 0.493 e. The summed E-state index contributed by atoms with van der Waals surface area (Å²) in [5.41, 5.74) is 1.81. The van der Waals surface area contributed by atoms with Crippen molar-refractivity contribution in [2.45, 2.75) is 19.4 Å². The fraction of sp³-hybridized carbons (Fsp3) is 0.300. The first-order chi connectivity index (χ1) is 13.0. The molecule has 0 bridgehead atoms. The average molecular weight is 373 g/mol. The van der Waals surface area contributed by atoms with Crippen molar-refractivity contribution in [2.24, 2.45) is 0 Å². The molecule has 2 aromatic rings. The van der Waals surface area contributed by atoms with E-state index in [2.05, 4.69) is 5.32 Å². The van der Waals surface area contributed by atoms with Crippen LogP contribution in [0.25, 0.3) is 0 Å². The monoisotopic (exact) mass is 373 g/mol. The number of amides is 1. The Morgan fingerprint density at radius 3 is 2.48 bits per heavy atom. The lowest BCUT2D eigenvalue weighted by Gasteiger charge is -2.10. The zero-order valence-electron chi connectivity index (χ0n) is 15.4. The molecule has 0 heterocycles. The Hall–Kier alpha value is -3.22. The minimum Gasteiger partial charge on any atom is -0.493 e. The molecule has 7 heteroatoms. The molecule has 0 aliphatic heterocycles. The Balaban J connectivity index is 1.82. The van der Waals surface area contributed by atoms with Crippen LogP contribution < -0.4 is 19.5 Å². The number of carboxylic acids is 1. The summed E-state index contributed by atoms with van der Waals surface area (Å²) in [7, 11) is 3.15. The highest BCUT2D eigenvalue weighted by Gasteiger charge is 2.07. The van der Waals surface area contributed by atoms with Crippen LogP contribution in [0.5, 0.6) is 17.2 Å². The zero-order chi connectivity index (χ0) is 19.6. The lowest BCUT2D eigenvalue weighted by Crippen LogP contribution is -2.23. The standard InChI is InChI=1S/C20H23NO6/c1-25-17-8-6-14(11-18(17)26-2)7-9-19(22)21-12-15-4-3-5-16(10-15)27-13-20(23)24/h3-6,8,10-11H,7,9,12-13H2,1-2H3,(H,21,22)(H,23,24). The van der Waals surface area contributed by atoms with Crippen LogP contribution in [0.15, 0.2) is 42.5 Å². The third kappa shape index (κ3) is 6.54. The lowest BCUT2D eigenvalue weighted by atomic mass is 10.1. The number of aliphatic carboxylic acids is 1. The van der Waals surface area contributed by atoms with Gasteiger partial charge in [-0.1, -0.05) is 18.2 Å². The van der Waals surface area contributed by atoms with Gasteiger partial charge in [-0.25, -0.2) is 4.79 Å². The lowest BCUT2D eigenvalue weighted by molar-refractivity contribution is -0.139. The van der Waals surface area contributed by atoms with E-state index in [0.29, 0.717) is 36.6 Å². The highest BCUT2D eigenvalue weighted by atomic mass is 16.5. The van der Waals surface area contributed by atoms with Gasteiger partial charge in [0.15, 0.2) is 18.1 Å². The first-order valence-electron chi connectivity index (χ1n) is 8.43. The van der Waals surface area contributed by atoms with Crippen LogP contribution in [-0.4, -0.2) is 37.8 Å². The van der Waals surface area contributed by atoms with Crippen molar-refractivity contribution < 1.29 is 28.9 Å². The Bertz CT molecular complexity index is 790. The van der Waals surface area contributed by atoms with Crippen molar-refractivity contribution in [3.05, 3.63) is 53.6 Å². The number of nitrogens with one attached hydrogen (secondary N) is 1. The molecule has 0 aromatic heterocycles. The first-order valence-corrected chi connectivity index (χ1v) is 8.43. The number of methoxy groups -OCH3 is 2. The van der Waals surface area contributed by atoms with Crippen LogP contribution in [0, 0.1) is 0 Å². The van der Waals surface area contributed by atoms with Crippen LogP contribution in [0.2, 0.25) is 0 Å². The van der Waals surface area contributed by atoms with Gasteiger partial charge in [0.05, 0.1) is 14.2 Å². The summed E-state index contributed by atoms with van der Waals surface area (Å²) in [4.78, 5) is 22.6. The fourth-order valence-corrected chi connectivity index (χ4v) is 2.47. The first kappa shape index (κ1) is 20.1. The topological polar surface area (TPSA) is 94.1 Å². The number of carbonyl (C=O) groups excluding carboxylic acids is 1. The van der Waals surface area contributed by atoms with Gasteiger partial charge in [-0.05, 0) is 41.8 Å². The molecular formula is C20H23NO6. The van der Waals surface area contributed by atoms with E-state index >= 15 is 0 Å². The maximum Gasteiger partial charge on any atom is 0.341 e. The maximum atomic E-state index is 12.1.